The predicted molar refractivity (Wildman–Crippen MR) is 121 cm³/mol. The standard InChI is InChI=1S/C23H19FN6OS/c1-14-21(15(2)29(28-14)13-16-5-7-17(24)8-6-16)27-23(31)18-12-26-30-19(9-10-25-22(18)30)20-4-3-11-32-20/h3-12H,13H2,1-2H3,(H,27,31). The number of hydrogen-bond acceptors (Lipinski definition) is 5. The molecule has 0 radical (unpaired) electrons. The van der Waals surface area contributed by atoms with Crippen molar-refractivity contribution in [1.29, 1.82) is 0 Å². The highest BCUT2D eigenvalue weighted by Gasteiger charge is 2.20. The third-order valence-corrected chi connectivity index (χ3v) is 6.18. The number of rotatable bonds is 5. The second-order valence-electron chi connectivity index (χ2n) is 7.39. The van der Waals surface area contributed by atoms with Gasteiger partial charge < -0.3 is 5.32 Å². The number of anilines is 1. The number of carbonyl (C=O) groups is 1. The van der Waals surface area contributed by atoms with Gasteiger partial charge in [-0.05, 0) is 49.1 Å². The van der Waals surface area contributed by atoms with E-state index >= 15 is 0 Å². The predicted octanol–water partition coefficient (Wildman–Crippen LogP) is 4.71. The average Bonchev–Trinajstić information content (AvgIpc) is 3.52. The molecule has 0 aliphatic heterocycles. The van der Waals surface area contributed by atoms with Gasteiger partial charge in [0.1, 0.15) is 11.4 Å². The number of carbonyl (C=O) groups excluding carboxylic acids is 1. The summed E-state index contributed by atoms with van der Waals surface area (Å²) in [5.41, 5.74) is 4.82. The Balaban J connectivity index is 1.43. The molecule has 5 aromatic rings. The van der Waals surface area contributed by atoms with Crippen molar-refractivity contribution in [2.75, 3.05) is 5.32 Å². The number of halogens is 1. The molecule has 1 amide bonds. The lowest BCUT2D eigenvalue weighted by molar-refractivity contribution is 0.102. The molecule has 5 rings (SSSR count). The molecule has 1 N–H and O–H groups in total. The van der Waals surface area contributed by atoms with Crippen LogP contribution in [0.2, 0.25) is 0 Å². The summed E-state index contributed by atoms with van der Waals surface area (Å²) in [6.07, 6.45) is 3.21. The Hall–Kier alpha value is -3.85. The van der Waals surface area contributed by atoms with Crippen LogP contribution in [0.4, 0.5) is 10.1 Å². The normalized spacial score (nSPS) is 11.2. The fraction of sp³-hybridized carbons (Fsp3) is 0.130. The summed E-state index contributed by atoms with van der Waals surface area (Å²) in [6.45, 7) is 4.21. The number of fused-ring (bicyclic) bond motifs is 1. The van der Waals surface area contributed by atoms with Crippen LogP contribution in [0.25, 0.3) is 16.2 Å². The molecule has 9 heteroatoms. The summed E-state index contributed by atoms with van der Waals surface area (Å²) in [7, 11) is 0. The molecule has 0 fully saturated rings. The molecule has 0 aliphatic rings. The smallest absolute Gasteiger partial charge is 0.261 e. The Morgan fingerprint density at radius 1 is 1.16 bits per heavy atom. The minimum Gasteiger partial charge on any atom is -0.319 e. The Labute approximate surface area is 187 Å². The van der Waals surface area contributed by atoms with Gasteiger partial charge in [0.2, 0.25) is 0 Å². The van der Waals surface area contributed by atoms with Crippen LogP contribution in [0.15, 0.2) is 60.2 Å². The van der Waals surface area contributed by atoms with E-state index in [0.29, 0.717) is 29.1 Å². The first-order valence-electron chi connectivity index (χ1n) is 9.97. The fourth-order valence-corrected chi connectivity index (χ4v) is 4.37. The van der Waals surface area contributed by atoms with Gasteiger partial charge in [-0.1, -0.05) is 18.2 Å². The van der Waals surface area contributed by atoms with Crippen LogP contribution in [0.5, 0.6) is 0 Å². The van der Waals surface area contributed by atoms with E-state index in [0.717, 1.165) is 21.8 Å². The molecule has 4 aromatic heterocycles. The number of aromatic nitrogens is 5. The van der Waals surface area contributed by atoms with E-state index in [4.69, 9.17) is 0 Å². The van der Waals surface area contributed by atoms with Crippen molar-refractivity contribution in [3.05, 3.63) is 88.6 Å². The van der Waals surface area contributed by atoms with Gasteiger partial charge in [0.25, 0.3) is 5.91 Å². The number of aryl methyl sites for hydroxylation is 1. The summed E-state index contributed by atoms with van der Waals surface area (Å²) in [5, 5.41) is 13.9. The molecule has 0 saturated heterocycles. The lowest BCUT2D eigenvalue weighted by Gasteiger charge is -2.07. The quantitative estimate of drug-likeness (QED) is 0.424. The van der Waals surface area contributed by atoms with Crippen molar-refractivity contribution >= 4 is 28.6 Å². The summed E-state index contributed by atoms with van der Waals surface area (Å²) >= 11 is 1.60. The van der Waals surface area contributed by atoms with Gasteiger partial charge in [-0.15, -0.1) is 11.3 Å². The molecule has 0 unspecified atom stereocenters. The van der Waals surface area contributed by atoms with E-state index in [9.17, 15) is 9.18 Å². The van der Waals surface area contributed by atoms with E-state index in [1.807, 2.05) is 37.4 Å². The Morgan fingerprint density at radius 2 is 1.97 bits per heavy atom. The number of amides is 1. The van der Waals surface area contributed by atoms with Crippen molar-refractivity contribution in [2.24, 2.45) is 0 Å². The molecule has 0 atom stereocenters. The van der Waals surface area contributed by atoms with Crippen molar-refractivity contribution in [1.82, 2.24) is 24.4 Å². The third-order valence-electron chi connectivity index (χ3n) is 5.29. The molecule has 0 spiro atoms. The first kappa shape index (κ1) is 20.1. The fourth-order valence-electron chi connectivity index (χ4n) is 3.64. The van der Waals surface area contributed by atoms with Crippen LogP contribution in [0.1, 0.15) is 27.3 Å². The molecule has 0 saturated carbocycles. The zero-order valence-corrected chi connectivity index (χ0v) is 18.2. The maximum atomic E-state index is 13.2. The van der Waals surface area contributed by atoms with Gasteiger partial charge >= 0.3 is 0 Å². The topological polar surface area (TPSA) is 77.1 Å². The van der Waals surface area contributed by atoms with Gasteiger partial charge in [-0.2, -0.15) is 10.2 Å². The Morgan fingerprint density at radius 3 is 2.72 bits per heavy atom. The minimum atomic E-state index is -0.302. The van der Waals surface area contributed by atoms with Crippen molar-refractivity contribution in [2.45, 2.75) is 20.4 Å². The van der Waals surface area contributed by atoms with Gasteiger partial charge in [-0.25, -0.2) is 13.9 Å². The second kappa shape index (κ2) is 8.01. The largest absolute Gasteiger partial charge is 0.319 e. The Kier molecular flexibility index (Phi) is 5.02. The zero-order chi connectivity index (χ0) is 22.2. The minimum absolute atomic E-state index is 0.278. The molecule has 160 valence electrons. The van der Waals surface area contributed by atoms with E-state index in [-0.39, 0.29) is 11.7 Å². The van der Waals surface area contributed by atoms with E-state index in [1.165, 1.54) is 18.3 Å². The number of nitrogens with one attached hydrogen (secondary N) is 1. The third kappa shape index (κ3) is 3.56. The van der Waals surface area contributed by atoms with E-state index < -0.39 is 0 Å². The van der Waals surface area contributed by atoms with Crippen molar-refractivity contribution in [3.63, 3.8) is 0 Å². The molecule has 0 aliphatic carbocycles. The number of thiophene rings is 1. The van der Waals surface area contributed by atoms with E-state index in [1.54, 1.807) is 38.9 Å². The first-order valence-corrected chi connectivity index (χ1v) is 10.9. The first-order chi connectivity index (χ1) is 15.5. The highest BCUT2D eigenvalue weighted by Crippen LogP contribution is 2.26. The molecular weight excluding hydrogens is 427 g/mol. The van der Waals surface area contributed by atoms with Gasteiger partial charge in [0.05, 0.1) is 40.4 Å². The second-order valence-corrected chi connectivity index (χ2v) is 8.33. The van der Waals surface area contributed by atoms with Crippen LogP contribution in [-0.4, -0.2) is 30.3 Å². The van der Waals surface area contributed by atoms with Crippen LogP contribution in [0, 0.1) is 19.7 Å². The SMILES string of the molecule is Cc1nn(Cc2ccc(F)cc2)c(C)c1NC(=O)c1cnn2c(-c3cccs3)ccnc12. The highest BCUT2D eigenvalue weighted by atomic mass is 32.1. The number of benzene rings is 1. The summed E-state index contributed by atoms with van der Waals surface area (Å²) in [6, 6.07) is 12.1. The van der Waals surface area contributed by atoms with Gasteiger partial charge in [0, 0.05) is 6.20 Å². The van der Waals surface area contributed by atoms with Gasteiger partial charge in [-0.3, -0.25) is 9.48 Å². The monoisotopic (exact) mass is 446 g/mol. The molecule has 1 aromatic carbocycles. The van der Waals surface area contributed by atoms with Crippen LogP contribution >= 0.6 is 11.3 Å². The van der Waals surface area contributed by atoms with Crippen LogP contribution in [0.3, 0.4) is 0 Å². The number of nitrogens with zero attached hydrogens (tertiary/aromatic N) is 5. The van der Waals surface area contributed by atoms with E-state index in [2.05, 4.69) is 20.5 Å². The van der Waals surface area contributed by atoms with Crippen molar-refractivity contribution in [3.8, 4) is 10.6 Å². The molecule has 7 nitrogen and oxygen atoms in total. The highest BCUT2D eigenvalue weighted by molar-refractivity contribution is 7.13. The molecular formula is C23H19FN6OS. The maximum absolute atomic E-state index is 13.2. The lowest BCUT2D eigenvalue weighted by atomic mass is 10.2. The number of hydrogen-bond donors (Lipinski definition) is 1. The van der Waals surface area contributed by atoms with Gasteiger partial charge in [0.15, 0.2) is 5.65 Å². The molecule has 4 heterocycles. The summed E-state index contributed by atoms with van der Waals surface area (Å²) < 4.78 is 16.7. The maximum Gasteiger partial charge on any atom is 0.261 e. The molecule has 32 heavy (non-hydrogen) atoms. The van der Waals surface area contributed by atoms with Crippen LogP contribution in [-0.2, 0) is 6.54 Å². The summed E-state index contributed by atoms with van der Waals surface area (Å²) in [4.78, 5) is 18.5. The van der Waals surface area contributed by atoms with Crippen LogP contribution < -0.4 is 5.32 Å². The zero-order valence-electron chi connectivity index (χ0n) is 17.4. The summed E-state index contributed by atoms with van der Waals surface area (Å²) in [5.74, 6) is -0.581. The lowest BCUT2D eigenvalue weighted by Crippen LogP contribution is -2.13. The van der Waals surface area contributed by atoms with Crippen molar-refractivity contribution < 1.29 is 9.18 Å². The average molecular weight is 447 g/mol. The Bertz CT molecular complexity index is 1420. The molecule has 0 bridgehead atoms.